The van der Waals surface area contributed by atoms with Gasteiger partial charge >= 0.3 is 0 Å². The number of amides is 2. The molecule has 0 spiro atoms. The van der Waals surface area contributed by atoms with Crippen LogP contribution in [0.5, 0.6) is 5.75 Å². The van der Waals surface area contributed by atoms with Crippen molar-refractivity contribution < 1.29 is 23.1 Å². The molecule has 2 amide bonds. The van der Waals surface area contributed by atoms with E-state index in [2.05, 4.69) is 39.4 Å². The lowest BCUT2D eigenvalue weighted by molar-refractivity contribution is 0.0536. The second-order valence-electron chi connectivity index (χ2n) is 17.4. The normalized spacial score (nSPS) is 17.7. The summed E-state index contributed by atoms with van der Waals surface area (Å²) in [6.07, 6.45) is 1.84. The first-order valence-electron chi connectivity index (χ1n) is 22.0. The molecule has 0 aromatic heterocycles. The van der Waals surface area contributed by atoms with Gasteiger partial charge in [0.2, 0.25) is 0 Å². The molecule has 7 aromatic carbocycles. The minimum atomic E-state index is -1.41. The molecule has 1 N–H and O–H groups in total. The first-order valence-corrected chi connectivity index (χ1v) is 22.0. The Kier molecular flexibility index (Phi) is 10.8. The highest BCUT2D eigenvalue weighted by Crippen LogP contribution is 2.47. The Morgan fingerprint density at radius 2 is 1.05 bits per heavy atom. The van der Waals surface area contributed by atoms with Crippen LogP contribution in [-0.2, 0) is 31.0 Å². The number of alkyl halides is 2. The van der Waals surface area contributed by atoms with Gasteiger partial charge < -0.3 is 15.0 Å². The second kappa shape index (κ2) is 16.7. The number of hydrogen-bond donors (Lipinski definition) is 1. The van der Waals surface area contributed by atoms with Gasteiger partial charge in [0.05, 0.1) is 19.3 Å². The summed E-state index contributed by atoms with van der Waals surface area (Å²) in [5.74, 6) is 0.650. The smallest absolute Gasteiger partial charge is 0.259 e. The lowest BCUT2D eigenvalue weighted by Crippen LogP contribution is -2.39. The van der Waals surface area contributed by atoms with Crippen molar-refractivity contribution in [3.63, 3.8) is 0 Å². The number of nitrogens with one attached hydrogen (secondary N) is 1. The van der Waals surface area contributed by atoms with Crippen molar-refractivity contribution in [1.29, 1.82) is 0 Å². The quantitative estimate of drug-likeness (QED) is 0.157. The number of nitrogens with zero attached hydrogens (tertiary/aromatic N) is 3. The summed E-state index contributed by atoms with van der Waals surface area (Å²) in [6, 6.07) is 47.3. The van der Waals surface area contributed by atoms with Crippen LogP contribution in [0.4, 0.5) is 20.2 Å². The molecular weight excluding hydrogens is 791 g/mol. The van der Waals surface area contributed by atoms with Crippen LogP contribution in [0.3, 0.4) is 0 Å². The predicted molar refractivity (Wildman–Crippen MR) is 247 cm³/mol. The highest BCUT2D eigenvalue weighted by atomic mass is 19.1. The van der Waals surface area contributed by atoms with Gasteiger partial charge in [-0.3, -0.25) is 19.4 Å². The molecule has 318 valence electrons. The van der Waals surface area contributed by atoms with Gasteiger partial charge in [-0.15, -0.1) is 0 Å². The topological polar surface area (TPSA) is 65.1 Å². The van der Waals surface area contributed by atoms with Gasteiger partial charge in [0.1, 0.15) is 17.1 Å². The highest BCUT2D eigenvalue weighted by Gasteiger charge is 2.41. The third-order valence-electron chi connectivity index (χ3n) is 13.6. The number of carbonyl (C=O) groups excluding carboxylic acids is 2. The molecule has 63 heavy (non-hydrogen) atoms. The van der Waals surface area contributed by atoms with E-state index in [1.165, 1.54) is 11.1 Å². The molecule has 0 radical (unpaired) electrons. The van der Waals surface area contributed by atoms with Gasteiger partial charge in [-0.05, 0) is 101 Å². The molecule has 2 fully saturated rings. The molecule has 0 unspecified atom stereocenters. The molecule has 0 atom stereocenters. The molecule has 7 aromatic rings. The van der Waals surface area contributed by atoms with E-state index in [-0.39, 0.29) is 11.8 Å². The van der Waals surface area contributed by atoms with E-state index in [0.29, 0.717) is 62.0 Å². The number of carbonyl (C=O) groups is 2. The van der Waals surface area contributed by atoms with Crippen LogP contribution in [0.25, 0.3) is 21.5 Å². The summed E-state index contributed by atoms with van der Waals surface area (Å²) in [4.78, 5) is 32.0. The lowest BCUT2D eigenvalue weighted by Gasteiger charge is -2.37. The van der Waals surface area contributed by atoms with Crippen molar-refractivity contribution in [2.75, 3.05) is 43.5 Å². The third-order valence-corrected chi connectivity index (χ3v) is 13.6. The number of hydrogen-bond acceptors (Lipinski definition) is 5. The lowest BCUT2D eigenvalue weighted by atomic mass is 9.82. The van der Waals surface area contributed by atoms with E-state index in [4.69, 9.17) is 4.74 Å². The predicted octanol–water partition coefficient (Wildman–Crippen LogP) is 11.3. The molecule has 7 nitrogen and oxygen atoms in total. The number of benzene rings is 7. The van der Waals surface area contributed by atoms with Crippen molar-refractivity contribution in [3.05, 3.63) is 185 Å². The van der Waals surface area contributed by atoms with Crippen molar-refractivity contribution in [3.8, 4) is 5.75 Å². The Labute approximate surface area is 366 Å². The van der Waals surface area contributed by atoms with Crippen LogP contribution in [0.15, 0.2) is 146 Å². The Morgan fingerprint density at radius 1 is 0.540 bits per heavy atom. The van der Waals surface area contributed by atoms with E-state index < -0.39 is 11.3 Å². The van der Waals surface area contributed by atoms with Crippen LogP contribution < -0.4 is 15.0 Å². The third kappa shape index (κ3) is 7.74. The minimum Gasteiger partial charge on any atom is -0.497 e. The zero-order valence-electron chi connectivity index (χ0n) is 35.5. The van der Waals surface area contributed by atoms with Crippen LogP contribution in [0.1, 0.15) is 74.2 Å². The molecule has 0 aliphatic carbocycles. The van der Waals surface area contributed by atoms with Gasteiger partial charge in [-0.1, -0.05) is 109 Å². The standard InChI is InChI=1S/C31H29FN2O2.C23H21FN2O/c1-36-24-12-10-23(11-13-24)21-34-28-9-5-8-25-27(15-14-26(29(25)28)30(34)35)31(32)16-18-33(19-17-31)20-22-6-3-2-4-7-22;24-23(11-13-26(14-12-23)15-16-5-2-1-3-6-16)19-10-9-18-21-17(19)7-4-8-20(21)25-22(18)27/h2-15H,16-21H2,1H3;1-10H,11-15H2,(H,25,27). The Balaban J connectivity index is 0.000000156. The number of methoxy groups -OCH3 is 1. The summed E-state index contributed by atoms with van der Waals surface area (Å²) < 4.78 is 37.8. The Hall–Kier alpha value is -6.42. The Bertz CT molecular complexity index is 2820. The average molecular weight is 841 g/mol. The molecule has 0 saturated carbocycles. The van der Waals surface area contributed by atoms with E-state index in [0.717, 1.165) is 76.0 Å². The van der Waals surface area contributed by atoms with E-state index in [1.807, 2.05) is 115 Å². The van der Waals surface area contributed by atoms with Crippen molar-refractivity contribution in [2.24, 2.45) is 0 Å². The minimum absolute atomic E-state index is 0.0332. The molecule has 4 aliphatic heterocycles. The number of likely N-dealkylation sites (tertiary alicyclic amines) is 2. The zero-order chi connectivity index (χ0) is 43.1. The molecule has 0 bridgehead atoms. The van der Waals surface area contributed by atoms with E-state index in [1.54, 1.807) is 18.1 Å². The van der Waals surface area contributed by atoms with Crippen molar-refractivity contribution in [2.45, 2.75) is 56.7 Å². The number of rotatable bonds is 9. The first kappa shape index (κ1) is 40.6. The zero-order valence-corrected chi connectivity index (χ0v) is 35.5. The fraction of sp³-hybridized carbons (Fsp3) is 0.259. The summed E-state index contributed by atoms with van der Waals surface area (Å²) in [7, 11) is 1.64. The number of anilines is 2. The molecule has 2 saturated heterocycles. The SMILES string of the molecule is COc1ccc(CN2C(=O)c3ccc(C4(F)CCN(Cc5ccccc5)CC4)c4cccc2c34)cc1.O=C1Nc2cccc3c(C4(F)CCN(Cc5ccccc5)CC4)ccc1c23. The summed E-state index contributed by atoms with van der Waals surface area (Å²) in [5.41, 5.74) is 5.16. The fourth-order valence-corrected chi connectivity index (χ4v) is 10.1. The van der Waals surface area contributed by atoms with Crippen LogP contribution in [0.2, 0.25) is 0 Å². The molecule has 4 aliphatic rings. The monoisotopic (exact) mass is 840 g/mol. The summed E-state index contributed by atoms with van der Waals surface area (Å²) >= 11 is 0. The first-order chi connectivity index (χ1) is 30.7. The number of halogens is 2. The second-order valence-corrected chi connectivity index (χ2v) is 17.4. The van der Waals surface area contributed by atoms with Crippen LogP contribution in [0, 0.1) is 0 Å². The van der Waals surface area contributed by atoms with Crippen LogP contribution >= 0.6 is 0 Å². The molecule has 11 rings (SSSR count). The maximum absolute atomic E-state index is 16.5. The maximum atomic E-state index is 16.5. The van der Waals surface area contributed by atoms with E-state index >= 15 is 8.78 Å². The van der Waals surface area contributed by atoms with Gasteiger partial charge in [0, 0.05) is 66.9 Å². The van der Waals surface area contributed by atoms with Gasteiger partial charge in [-0.2, -0.15) is 0 Å². The fourth-order valence-electron chi connectivity index (χ4n) is 10.1. The summed E-state index contributed by atoms with van der Waals surface area (Å²) in [5, 5.41) is 6.33. The van der Waals surface area contributed by atoms with Gasteiger partial charge in [0.15, 0.2) is 0 Å². The maximum Gasteiger partial charge on any atom is 0.259 e. The molecular formula is C54H50F2N4O3. The summed E-state index contributed by atoms with van der Waals surface area (Å²) in [6.45, 7) is 5.03. The number of ether oxygens (including phenoxy) is 1. The Morgan fingerprint density at radius 3 is 1.60 bits per heavy atom. The van der Waals surface area contributed by atoms with Crippen molar-refractivity contribution in [1.82, 2.24) is 9.80 Å². The van der Waals surface area contributed by atoms with Gasteiger partial charge in [-0.25, -0.2) is 8.78 Å². The highest BCUT2D eigenvalue weighted by molar-refractivity contribution is 6.26. The van der Waals surface area contributed by atoms with Crippen LogP contribution in [-0.4, -0.2) is 54.9 Å². The molecule has 9 heteroatoms. The molecule has 4 heterocycles. The average Bonchev–Trinajstić information content (AvgIpc) is 3.79. The number of piperidine rings is 2. The largest absolute Gasteiger partial charge is 0.497 e. The van der Waals surface area contributed by atoms with Gasteiger partial charge in [0.25, 0.3) is 11.8 Å². The van der Waals surface area contributed by atoms with E-state index in [9.17, 15) is 9.59 Å². The van der Waals surface area contributed by atoms with Crippen molar-refractivity contribution >= 4 is 44.7 Å².